The maximum Gasteiger partial charge on any atom is 0.334 e. The second-order valence-electron chi connectivity index (χ2n) is 5.64. The summed E-state index contributed by atoms with van der Waals surface area (Å²) in [5.74, 6) is -1.04. The van der Waals surface area contributed by atoms with E-state index in [4.69, 9.17) is 9.84 Å². The number of carbonyl (C=O) groups excluding carboxylic acids is 1. The molecule has 2 amide bonds. The van der Waals surface area contributed by atoms with Gasteiger partial charge in [-0.1, -0.05) is 19.3 Å². The number of carbonyl (C=O) groups is 2. The van der Waals surface area contributed by atoms with Crippen molar-refractivity contribution in [1.82, 2.24) is 9.80 Å². The predicted molar refractivity (Wildman–Crippen MR) is 75.0 cm³/mol. The van der Waals surface area contributed by atoms with Crippen molar-refractivity contribution in [1.29, 1.82) is 0 Å². The number of hydrogen-bond acceptors (Lipinski definition) is 4. The van der Waals surface area contributed by atoms with Crippen molar-refractivity contribution in [3.05, 3.63) is 0 Å². The van der Waals surface area contributed by atoms with E-state index >= 15 is 0 Å². The van der Waals surface area contributed by atoms with Gasteiger partial charge >= 0.3 is 12.0 Å². The van der Waals surface area contributed by atoms with E-state index in [1.54, 1.807) is 4.90 Å². The molecule has 0 aromatic heterocycles. The summed E-state index contributed by atoms with van der Waals surface area (Å²) < 4.78 is 5.14. The fourth-order valence-electron chi connectivity index (χ4n) is 3.09. The molecule has 0 aromatic carbocycles. The SMILES string of the molecule is O=C(O)C1CN(C(=O)N(CCO)C2CCCCC2)CCO1. The number of aliphatic hydroxyl groups excluding tert-OH is 1. The number of morpholine rings is 1. The summed E-state index contributed by atoms with van der Waals surface area (Å²) in [6, 6.07) is -0.0185. The molecule has 2 fully saturated rings. The Morgan fingerprint density at radius 3 is 2.57 bits per heavy atom. The highest BCUT2D eigenvalue weighted by atomic mass is 16.5. The van der Waals surface area contributed by atoms with E-state index in [0.717, 1.165) is 25.7 Å². The van der Waals surface area contributed by atoms with Gasteiger partial charge in [-0.3, -0.25) is 0 Å². The number of aliphatic carboxylic acids is 1. The molecular weight excluding hydrogens is 276 g/mol. The van der Waals surface area contributed by atoms with Crippen LogP contribution in [0, 0.1) is 0 Å². The van der Waals surface area contributed by atoms with E-state index < -0.39 is 12.1 Å². The normalized spacial score (nSPS) is 23.9. The summed E-state index contributed by atoms with van der Waals surface area (Å²) in [6.07, 6.45) is 4.35. The van der Waals surface area contributed by atoms with Crippen molar-refractivity contribution in [2.75, 3.05) is 32.8 Å². The summed E-state index contributed by atoms with van der Waals surface area (Å²) in [5.41, 5.74) is 0. The Morgan fingerprint density at radius 2 is 1.95 bits per heavy atom. The molecule has 1 saturated carbocycles. The van der Waals surface area contributed by atoms with E-state index in [9.17, 15) is 14.7 Å². The first-order valence-electron chi connectivity index (χ1n) is 7.64. The smallest absolute Gasteiger partial charge is 0.334 e. The van der Waals surface area contributed by atoms with E-state index in [2.05, 4.69) is 0 Å². The third-order valence-electron chi connectivity index (χ3n) is 4.21. The lowest BCUT2D eigenvalue weighted by Gasteiger charge is -2.39. The highest BCUT2D eigenvalue weighted by Gasteiger charge is 2.33. The van der Waals surface area contributed by atoms with Crippen molar-refractivity contribution in [2.45, 2.75) is 44.2 Å². The van der Waals surface area contributed by atoms with Crippen LogP contribution in [0.5, 0.6) is 0 Å². The Bertz CT molecular complexity index is 370. The van der Waals surface area contributed by atoms with Crippen LogP contribution in [0.2, 0.25) is 0 Å². The Labute approximate surface area is 124 Å². The maximum atomic E-state index is 12.6. The predicted octanol–water partition coefficient (Wildman–Crippen LogP) is 0.519. The topological polar surface area (TPSA) is 90.3 Å². The third-order valence-corrected chi connectivity index (χ3v) is 4.21. The van der Waals surface area contributed by atoms with Gasteiger partial charge in [0.25, 0.3) is 0 Å². The minimum absolute atomic E-state index is 0.0722. The Hall–Kier alpha value is -1.34. The lowest BCUT2D eigenvalue weighted by molar-refractivity contribution is -0.154. The summed E-state index contributed by atoms with van der Waals surface area (Å²) in [7, 11) is 0. The molecule has 7 heteroatoms. The highest BCUT2D eigenvalue weighted by Crippen LogP contribution is 2.24. The molecule has 0 spiro atoms. The first-order valence-corrected chi connectivity index (χ1v) is 7.64. The first-order chi connectivity index (χ1) is 10.1. The van der Waals surface area contributed by atoms with E-state index in [-0.39, 0.29) is 31.8 Å². The second kappa shape index (κ2) is 7.61. The van der Waals surface area contributed by atoms with Crippen LogP contribution in [0.25, 0.3) is 0 Å². The maximum absolute atomic E-state index is 12.6. The van der Waals surface area contributed by atoms with Gasteiger partial charge in [-0.2, -0.15) is 0 Å². The van der Waals surface area contributed by atoms with Crippen molar-refractivity contribution < 1.29 is 24.5 Å². The molecule has 2 N–H and O–H groups in total. The average Bonchev–Trinajstić information content (AvgIpc) is 2.53. The van der Waals surface area contributed by atoms with Crippen LogP contribution in [-0.4, -0.2) is 77.0 Å². The van der Waals surface area contributed by atoms with Crippen LogP contribution in [0.1, 0.15) is 32.1 Å². The number of amides is 2. The molecule has 120 valence electrons. The van der Waals surface area contributed by atoms with Crippen LogP contribution in [0.15, 0.2) is 0 Å². The number of carboxylic acid groups (broad SMARTS) is 1. The fraction of sp³-hybridized carbons (Fsp3) is 0.857. The van der Waals surface area contributed by atoms with E-state index in [1.165, 1.54) is 11.3 Å². The lowest BCUT2D eigenvalue weighted by atomic mass is 9.94. The van der Waals surface area contributed by atoms with Gasteiger partial charge in [-0.25, -0.2) is 9.59 Å². The van der Waals surface area contributed by atoms with Crippen molar-refractivity contribution in [3.8, 4) is 0 Å². The molecule has 1 aliphatic carbocycles. The lowest BCUT2D eigenvalue weighted by Crippen LogP contribution is -2.55. The molecule has 1 atom stereocenters. The van der Waals surface area contributed by atoms with Gasteiger partial charge < -0.3 is 24.7 Å². The Kier molecular flexibility index (Phi) is 5.81. The number of hydrogen-bond donors (Lipinski definition) is 2. The van der Waals surface area contributed by atoms with Crippen molar-refractivity contribution in [2.24, 2.45) is 0 Å². The van der Waals surface area contributed by atoms with Crippen LogP contribution in [0.4, 0.5) is 4.79 Å². The monoisotopic (exact) mass is 300 g/mol. The minimum Gasteiger partial charge on any atom is -0.479 e. The number of urea groups is 1. The van der Waals surface area contributed by atoms with Crippen molar-refractivity contribution in [3.63, 3.8) is 0 Å². The molecule has 0 radical (unpaired) electrons. The summed E-state index contributed by atoms with van der Waals surface area (Å²) in [5, 5.41) is 18.2. The first kappa shape index (κ1) is 16.0. The zero-order chi connectivity index (χ0) is 15.2. The van der Waals surface area contributed by atoms with E-state index in [1.807, 2.05) is 0 Å². The minimum atomic E-state index is -1.04. The van der Waals surface area contributed by atoms with E-state index in [0.29, 0.717) is 13.1 Å². The van der Waals surface area contributed by atoms with Gasteiger partial charge in [0, 0.05) is 19.1 Å². The molecule has 1 heterocycles. The van der Waals surface area contributed by atoms with Gasteiger partial charge in [-0.05, 0) is 12.8 Å². The van der Waals surface area contributed by atoms with Crippen LogP contribution < -0.4 is 0 Å². The molecule has 1 saturated heterocycles. The molecule has 1 aliphatic heterocycles. The molecule has 0 aromatic rings. The van der Waals surface area contributed by atoms with Gasteiger partial charge in [0.15, 0.2) is 6.10 Å². The number of ether oxygens (including phenoxy) is 1. The molecule has 21 heavy (non-hydrogen) atoms. The molecular formula is C14H24N2O5. The van der Waals surface area contributed by atoms with Gasteiger partial charge in [0.05, 0.1) is 19.8 Å². The van der Waals surface area contributed by atoms with Gasteiger partial charge in [0.2, 0.25) is 0 Å². The van der Waals surface area contributed by atoms with Crippen LogP contribution >= 0.6 is 0 Å². The molecule has 2 aliphatic rings. The zero-order valence-electron chi connectivity index (χ0n) is 12.2. The number of rotatable bonds is 4. The standard InChI is InChI=1S/C14H24N2O5/c17-8-6-16(11-4-2-1-3-5-11)14(20)15-7-9-21-12(10-15)13(18)19/h11-12,17H,1-10H2,(H,18,19). The van der Waals surface area contributed by atoms with Gasteiger partial charge in [-0.15, -0.1) is 0 Å². The Balaban J connectivity index is 2.01. The van der Waals surface area contributed by atoms with Crippen molar-refractivity contribution >= 4 is 12.0 Å². The number of aliphatic hydroxyl groups is 1. The summed E-state index contributed by atoms with van der Waals surface area (Å²) in [4.78, 5) is 26.9. The number of carboxylic acids is 1. The quantitative estimate of drug-likeness (QED) is 0.790. The Morgan fingerprint density at radius 1 is 1.24 bits per heavy atom. The number of nitrogens with zero attached hydrogens (tertiary/aromatic N) is 2. The zero-order valence-corrected chi connectivity index (χ0v) is 12.2. The largest absolute Gasteiger partial charge is 0.479 e. The molecule has 2 rings (SSSR count). The average molecular weight is 300 g/mol. The van der Waals surface area contributed by atoms with Gasteiger partial charge in [0.1, 0.15) is 0 Å². The van der Waals surface area contributed by atoms with Crippen LogP contribution in [0.3, 0.4) is 0 Å². The summed E-state index contributed by atoms with van der Waals surface area (Å²) in [6.45, 7) is 0.938. The second-order valence-corrected chi connectivity index (χ2v) is 5.64. The molecule has 0 bridgehead atoms. The van der Waals surface area contributed by atoms with Crippen LogP contribution in [-0.2, 0) is 9.53 Å². The fourth-order valence-corrected chi connectivity index (χ4v) is 3.09. The summed E-state index contributed by atoms with van der Waals surface area (Å²) >= 11 is 0. The molecule has 7 nitrogen and oxygen atoms in total. The highest BCUT2D eigenvalue weighted by molar-refractivity contribution is 5.77. The molecule has 1 unspecified atom stereocenters. The third kappa shape index (κ3) is 4.07.